The lowest BCUT2D eigenvalue weighted by Gasteiger charge is -2.13. The van der Waals surface area contributed by atoms with Crippen LogP contribution in [0.1, 0.15) is 6.42 Å². The molecule has 1 N–H and O–H groups in total. The van der Waals surface area contributed by atoms with Gasteiger partial charge in [-0.2, -0.15) is 0 Å². The molecule has 0 spiro atoms. The van der Waals surface area contributed by atoms with Gasteiger partial charge in [0.2, 0.25) is 5.91 Å². The summed E-state index contributed by atoms with van der Waals surface area (Å²) in [4.78, 5) is 17.7. The van der Waals surface area contributed by atoms with Gasteiger partial charge in [0.15, 0.2) is 0 Å². The van der Waals surface area contributed by atoms with E-state index in [-0.39, 0.29) is 11.9 Å². The van der Waals surface area contributed by atoms with Crippen molar-refractivity contribution >= 4 is 43.6 Å². The van der Waals surface area contributed by atoms with E-state index in [9.17, 15) is 4.79 Å². The third-order valence-corrected chi connectivity index (χ3v) is 3.58. The van der Waals surface area contributed by atoms with Crippen LogP contribution in [0.2, 0.25) is 0 Å². The van der Waals surface area contributed by atoms with E-state index in [1.54, 1.807) is 11.1 Å². The number of hydrogen-bond donors (Lipinski definition) is 1. The summed E-state index contributed by atoms with van der Waals surface area (Å²) in [6.45, 7) is 0.796. The second-order valence-electron chi connectivity index (χ2n) is 3.73. The van der Waals surface area contributed by atoms with Crippen LogP contribution in [-0.2, 0) is 4.79 Å². The Morgan fingerprint density at radius 3 is 2.88 bits per heavy atom. The summed E-state index contributed by atoms with van der Waals surface area (Å²) in [7, 11) is 1.81. The van der Waals surface area contributed by atoms with Gasteiger partial charge in [0.05, 0.1) is 4.47 Å². The fourth-order valence-electron chi connectivity index (χ4n) is 1.64. The number of amides is 1. The third-order valence-electron chi connectivity index (χ3n) is 2.55. The molecule has 1 unspecified atom stereocenters. The van der Waals surface area contributed by atoms with Crippen LogP contribution in [0, 0.1) is 0 Å². The summed E-state index contributed by atoms with van der Waals surface area (Å²) in [5.41, 5.74) is 0. The Morgan fingerprint density at radius 2 is 2.31 bits per heavy atom. The van der Waals surface area contributed by atoms with E-state index < -0.39 is 0 Å². The summed E-state index contributed by atoms with van der Waals surface area (Å²) in [6, 6.07) is 1.74. The Hall–Kier alpha value is -0.620. The fourth-order valence-corrected chi connectivity index (χ4v) is 2.74. The molecule has 6 heteroatoms. The summed E-state index contributed by atoms with van der Waals surface area (Å²) < 4.78 is 1.75. The first-order valence-corrected chi connectivity index (χ1v) is 6.49. The molecule has 16 heavy (non-hydrogen) atoms. The number of nitrogens with one attached hydrogen (secondary N) is 1. The molecule has 1 atom stereocenters. The van der Waals surface area contributed by atoms with E-state index in [0.29, 0.717) is 5.82 Å². The van der Waals surface area contributed by atoms with Gasteiger partial charge < -0.3 is 10.2 Å². The molecule has 1 aliphatic rings. The van der Waals surface area contributed by atoms with E-state index >= 15 is 0 Å². The summed E-state index contributed by atoms with van der Waals surface area (Å²) in [5, 5.41) is 3.15. The van der Waals surface area contributed by atoms with E-state index in [4.69, 9.17) is 0 Å². The van der Waals surface area contributed by atoms with E-state index in [1.165, 1.54) is 0 Å². The first-order chi connectivity index (χ1) is 7.58. The third kappa shape index (κ3) is 2.38. The Balaban J connectivity index is 2.12. The summed E-state index contributed by atoms with van der Waals surface area (Å²) >= 11 is 6.74. The Morgan fingerprint density at radius 1 is 1.56 bits per heavy atom. The monoisotopic (exact) mass is 347 g/mol. The molecular formula is C10H11Br2N3O. The number of halogens is 2. The minimum absolute atomic E-state index is 0.122. The summed E-state index contributed by atoms with van der Waals surface area (Å²) in [6.07, 6.45) is 2.52. The molecule has 2 rings (SSSR count). The van der Waals surface area contributed by atoms with Gasteiger partial charge in [-0.05, 0) is 44.3 Å². The molecular weight excluding hydrogens is 338 g/mol. The zero-order valence-corrected chi connectivity index (χ0v) is 11.9. The van der Waals surface area contributed by atoms with Gasteiger partial charge in [-0.3, -0.25) is 4.79 Å². The van der Waals surface area contributed by atoms with Crippen molar-refractivity contribution in [2.24, 2.45) is 0 Å². The lowest BCUT2D eigenvalue weighted by molar-refractivity contribution is -0.127. The highest BCUT2D eigenvalue weighted by Gasteiger charge is 2.29. The Labute approximate surface area is 111 Å². The molecule has 4 nitrogen and oxygen atoms in total. The summed E-state index contributed by atoms with van der Waals surface area (Å²) in [5.74, 6) is 0.827. The predicted molar refractivity (Wildman–Crippen MR) is 69.3 cm³/mol. The lowest BCUT2D eigenvalue weighted by Crippen LogP contribution is -2.31. The van der Waals surface area contributed by atoms with E-state index in [0.717, 1.165) is 21.9 Å². The number of hydrogen-bond acceptors (Lipinski definition) is 3. The molecule has 1 aromatic heterocycles. The number of rotatable bonds is 2. The topological polar surface area (TPSA) is 45.2 Å². The number of aromatic nitrogens is 1. The molecule has 1 fully saturated rings. The standard InChI is InChI=1S/C10H11Br2N3O/c1-15-3-2-8(10(15)16)14-9-7(12)4-6(11)5-13-9/h4-5,8H,2-3H2,1H3,(H,13,14). The van der Waals surface area contributed by atoms with Crippen molar-refractivity contribution in [3.63, 3.8) is 0 Å². The predicted octanol–water partition coefficient (Wildman–Crippen LogP) is 2.25. The van der Waals surface area contributed by atoms with Crippen molar-refractivity contribution in [3.05, 3.63) is 21.2 Å². The Bertz CT molecular complexity index is 425. The van der Waals surface area contributed by atoms with Gasteiger partial charge in [-0.15, -0.1) is 0 Å². The lowest BCUT2D eigenvalue weighted by atomic mass is 10.2. The van der Waals surface area contributed by atoms with Crippen molar-refractivity contribution < 1.29 is 4.79 Å². The zero-order valence-electron chi connectivity index (χ0n) is 8.70. The highest BCUT2D eigenvalue weighted by Crippen LogP contribution is 2.25. The number of nitrogens with zero attached hydrogens (tertiary/aromatic N) is 2. The largest absolute Gasteiger partial charge is 0.357 e. The first-order valence-electron chi connectivity index (χ1n) is 4.90. The maximum absolute atomic E-state index is 11.7. The smallest absolute Gasteiger partial charge is 0.244 e. The van der Waals surface area contributed by atoms with Gasteiger partial charge in [0.1, 0.15) is 11.9 Å². The van der Waals surface area contributed by atoms with Gasteiger partial charge in [-0.25, -0.2) is 4.98 Å². The van der Waals surface area contributed by atoms with Gasteiger partial charge in [0.25, 0.3) is 0 Å². The van der Waals surface area contributed by atoms with Crippen molar-refractivity contribution in [2.45, 2.75) is 12.5 Å². The average molecular weight is 349 g/mol. The molecule has 0 saturated carbocycles. The molecule has 0 aromatic carbocycles. The molecule has 86 valence electrons. The van der Waals surface area contributed by atoms with Crippen molar-refractivity contribution in [1.82, 2.24) is 9.88 Å². The molecule has 0 bridgehead atoms. The molecule has 1 aliphatic heterocycles. The molecule has 1 saturated heterocycles. The SMILES string of the molecule is CN1CCC(Nc2ncc(Br)cc2Br)C1=O. The van der Waals surface area contributed by atoms with Crippen LogP contribution in [0.15, 0.2) is 21.2 Å². The number of anilines is 1. The molecule has 2 heterocycles. The number of carbonyl (C=O) groups is 1. The van der Waals surface area contributed by atoms with Crippen LogP contribution >= 0.6 is 31.9 Å². The Kier molecular flexibility index (Phi) is 3.49. The second-order valence-corrected chi connectivity index (χ2v) is 5.50. The van der Waals surface area contributed by atoms with Crippen LogP contribution in [-0.4, -0.2) is 35.4 Å². The van der Waals surface area contributed by atoms with Crippen molar-refractivity contribution in [1.29, 1.82) is 0 Å². The maximum atomic E-state index is 11.7. The quantitative estimate of drug-likeness (QED) is 0.891. The van der Waals surface area contributed by atoms with Crippen LogP contribution in [0.3, 0.4) is 0 Å². The molecule has 1 amide bonds. The van der Waals surface area contributed by atoms with Crippen molar-refractivity contribution in [2.75, 3.05) is 18.9 Å². The number of likely N-dealkylation sites (N-methyl/N-ethyl adjacent to an activating group) is 1. The normalized spacial score (nSPS) is 20.3. The van der Waals surface area contributed by atoms with Crippen molar-refractivity contribution in [3.8, 4) is 0 Å². The molecule has 1 aromatic rings. The molecule has 0 aliphatic carbocycles. The second kappa shape index (κ2) is 4.71. The maximum Gasteiger partial charge on any atom is 0.244 e. The first kappa shape index (κ1) is 11.9. The number of pyridine rings is 1. The zero-order chi connectivity index (χ0) is 11.7. The van der Waals surface area contributed by atoms with E-state index in [1.807, 2.05) is 13.1 Å². The highest BCUT2D eigenvalue weighted by atomic mass is 79.9. The number of carbonyl (C=O) groups excluding carboxylic acids is 1. The van der Waals surface area contributed by atoms with Crippen LogP contribution in [0.25, 0.3) is 0 Å². The fraction of sp³-hybridized carbons (Fsp3) is 0.400. The van der Waals surface area contributed by atoms with Gasteiger partial charge in [0, 0.05) is 24.3 Å². The minimum atomic E-state index is -0.157. The highest BCUT2D eigenvalue weighted by molar-refractivity contribution is 9.11. The minimum Gasteiger partial charge on any atom is -0.357 e. The van der Waals surface area contributed by atoms with E-state index in [2.05, 4.69) is 42.2 Å². The van der Waals surface area contributed by atoms with Crippen LogP contribution in [0.4, 0.5) is 5.82 Å². The van der Waals surface area contributed by atoms with Crippen LogP contribution < -0.4 is 5.32 Å². The van der Waals surface area contributed by atoms with Crippen LogP contribution in [0.5, 0.6) is 0 Å². The number of likely N-dealkylation sites (tertiary alicyclic amines) is 1. The average Bonchev–Trinajstić information content (AvgIpc) is 2.54. The van der Waals surface area contributed by atoms with Gasteiger partial charge in [-0.1, -0.05) is 0 Å². The molecule has 0 radical (unpaired) electrons. The van der Waals surface area contributed by atoms with Gasteiger partial charge >= 0.3 is 0 Å².